The minimum atomic E-state index is -0.352. The lowest BCUT2D eigenvalue weighted by Crippen LogP contribution is -2.01. The minimum Gasteiger partial charge on any atom is -0.476 e. The highest BCUT2D eigenvalue weighted by atomic mass is 79.9. The Bertz CT molecular complexity index is 807. The van der Waals surface area contributed by atoms with Gasteiger partial charge in [-0.15, -0.1) is 0 Å². The number of aromatic nitrogens is 3. The summed E-state index contributed by atoms with van der Waals surface area (Å²) in [5.41, 5.74) is 1.31. The molecule has 0 amide bonds. The van der Waals surface area contributed by atoms with Crippen LogP contribution in [0, 0.1) is 5.82 Å². The molecule has 2 heterocycles. The zero-order valence-corrected chi connectivity index (χ0v) is 13.4. The first-order valence-corrected chi connectivity index (χ1v) is 7.95. The van der Waals surface area contributed by atoms with Crippen molar-refractivity contribution in [2.75, 3.05) is 6.61 Å². The molecule has 0 bridgehead atoms. The van der Waals surface area contributed by atoms with Gasteiger partial charge in [-0.25, -0.2) is 9.37 Å². The molecule has 0 unspecified atom stereocenters. The molecule has 0 saturated carbocycles. The predicted octanol–water partition coefficient (Wildman–Crippen LogP) is 4.11. The summed E-state index contributed by atoms with van der Waals surface area (Å²) in [6, 6.07) is 6.05. The third-order valence-corrected chi connectivity index (χ3v) is 3.41. The van der Waals surface area contributed by atoms with E-state index in [9.17, 15) is 4.39 Å². The fourth-order valence-corrected chi connectivity index (χ4v) is 2.19. The highest BCUT2D eigenvalue weighted by Crippen LogP contribution is 2.28. The molecule has 114 valence electrons. The van der Waals surface area contributed by atoms with Gasteiger partial charge in [0.05, 0.1) is 11.9 Å². The summed E-state index contributed by atoms with van der Waals surface area (Å²) in [5.74, 6) is 0.861. The van der Waals surface area contributed by atoms with Crippen molar-refractivity contribution < 1.29 is 13.5 Å². The summed E-state index contributed by atoms with van der Waals surface area (Å²) in [5, 5.41) is 0.474. The molecule has 0 radical (unpaired) electrons. The highest BCUT2D eigenvalue weighted by molar-refractivity contribution is 9.08. The summed E-state index contributed by atoms with van der Waals surface area (Å²) in [4.78, 5) is 12.9. The average Bonchev–Trinajstić information content (AvgIpc) is 2.96. The molecular formula is C15H13BrFN3O2. The molecule has 7 heteroatoms. The fraction of sp³-hybridized carbons (Fsp3) is 0.267. The topological polar surface area (TPSA) is 61.0 Å². The van der Waals surface area contributed by atoms with Crippen LogP contribution in [0.2, 0.25) is 0 Å². The molecule has 3 rings (SSSR count). The summed E-state index contributed by atoms with van der Waals surface area (Å²) in [7, 11) is 0. The van der Waals surface area contributed by atoms with Gasteiger partial charge in [0.15, 0.2) is 5.52 Å². The Morgan fingerprint density at radius 3 is 2.86 bits per heavy atom. The van der Waals surface area contributed by atoms with Crippen molar-refractivity contribution in [1.29, 1.82) is 0 Å². The van der Waals surface area contributed by atoms with Crippen LogP contribution in [-0.4, -0.2) is 21.6 Å². The molecular weight excluding hydrogens is 353 g/mol. The number of alkyl halides is 1. The van der Waals surface area contributed by atoms with Gasteiger partial charge in [-0.3, -0.25) is 0 Å². The van der Waals surface area contributed by atoms with E-state index in [4.69, 9.17) is 9.15 Å². The van der Waals surface area contributed by atoms with Crippen molar-refractivity contribution in [3.63, 3.8) is 0 Å². The number of fused-ring (bicyclic) bond motifs is 1. The smallest absolute Gasteiger partial charge is 0.254 e. The van der Waals surface area contributed by atoms with Gasteiger partial charge in [0.1, 0.15) is 11.6 Å². The second kappa shape index (κ2) is 6.39. The van der Waals surface area contributed by atoms with Crippen molar-refractivity contribution in [2.45, 2.75) is 18.7 Å². The van der Waals surface area contributed by atoms with Crippen molar-refractivity contribution >= 4 is 27.2 Å². The number of nitrogens with zero attached hydrogens (tertiary/aromatic N) is 3. The molecule has 3 aromatic rings. The molecule has 22 heavy (non-hydrogen) atoms. The van der Waals surface area contributed by atoms with Crippen LogP contribution in [-0.2, 0) is 5.33 Å². The van der Waals surface area contributed by atoms with Crippen LogP contribution in [0.4, 0.5) is 4.39 Å². The second-order valence-corrected chi connectivity index (χ2v) is 5.17. The monoisotopic (exact) mass is 365 g/mol. The summed E-state index contributed by atoms with van der Waals surface area (Å²) >= 11 is 3.31. The first kappa shape index (κ1) is 14.9. The van der Waals surface area contributed by atoms with Crippen LogP contribution >= 0.6 is 15.9 Å². The Morgan fingerprint density at radius 2 is 2.14 bits per heavy atom. The number of ether oxygens (including phenoxy) is 1. The fourth-order valence-electron chi connectivity index (χ4n) is 1.94. The van der Waals surface area contributed by atoms with E-state index in [-0.39, 0.29) is 11.7 Å². The lowest BCUT2D eigenvalue weighted by molar-refractivity contribution is 0.307. The molecule has 0 atom stereocenters. The Hall–Kier alpha value is -2.02. The standard InChI is InChI=1S/C15H13BrFN3O2/c1-2-6-21-14-12-15(19-11(8-16)18-14)22-13(20-12)9-4-3-5-10(17)7-9/h3-5,7H,2,6,8H2,1H3. The van der Waals surface area contributed by atoms with Crippen LogP contribution in [0.25, 0.3) is 22.7 Å². The second-order valence-electron chi connectivity index (χ2n) is 4.61. The Balaban J connectivity index is 2.11. The molecule has 0 spiro atoms. The molecule has 0 aliphatic carbocycles. The van der Waals surface area contributed by atoms with Crippen LogP contribution < -0.4 is 4.74 Å². The maximum absolute atomic E-state index is 13.3. The minimum absolute atomic E-state index is 0.289. The Kier molecular flexibility index (Phi) is 4.33. The van der Waals surface area contributed by atoms with Crippen LogP contribution in [0.1, 0.15) is 19.2 Å². The van der Waals surface area contributed by atoms with Gasteiger partial charge in [0.25, 0.3) is 5.71 Å². The lowest BCUT2D eigenvalue weighted by Gasteiger charge is -2.04. The number of halogens is 2. The quantitative estimate of drug-likeness (QED) is 0.636. The predicted molar refractivity (Wildman–Crippen MR) is 83.4 cm³/mol. The van der Waals surface area contributed by atoms with E-state index in [0.29, 0.717) is 40.4 Å². The van der Waals surface area contributed by atoms with Crippen molar-refractivity contribution in [3.05, 3.63) is 35.9 Å². The van der Waals surface area contributed by atoms with Crippen LogP contribution in [0.15, 0.2) is 28.7 Å². The first-order valence-electron chi connectivity index (χ1n) is 6.83. The molecule has 0 fully saturated rings. The van der Waals surface area contributed by atoms with Crippen LogP contribution in [0.3, 0.4) is 0 Å². The number of hydrogen-bond acceptors (Lipinski definition) is 5. The van der Waals surface area contributed by atoms with E-state index >= 15 is 0 Å². The van der Waals surface area contributed by atoms with Gasteiger partial charge >= 0.3 is 0 Å². The van der Waals surface area contributed by atoms with E-state index in [0.717, 1.165) is 6.42 Å². The van der Waals surface area contributed by atoms with Crippen molar-refractivity contribution in [3.8, 4) is 17.3 Å². The van der Waals surface area contributed by atoms with E-state index in [1.165, 1.54) is 12.1 Å². The summed E-state index contributed by atoms with van der Waals surface area (Å²) in [6.45, 7) is 2.53. The molecule has 0 N–H and O–H groups in total. The Morgan fingerprint density at radius 1 is 1.27 bits per heavy atom. The normalized spacial score (nSPS) is 11.0. The first-order chi connectivity index (χ1) is 10.7. The Labute approximate surface area is 134 Å². The summed E-state index contributed by atoms with van der Waals surface area (Å²) < 4.78 is 24.6. The maximum atomic E-state index is 13.3. The third kappa shape index (κ3) is 2.94. The number of hydrogen-bond donors (Lipinski definition) is 0. The van der Waals surface area contributed by atoms with E-state index in [1.54, 1.807) is 12.1 Å². The van der Waals surface area contributed by atoms with Gasteiger partial charge < -0.3 is 9.15 Å². The lowest BCUT2D eigenvalue weighted by atomic mass is 10.2. The largest absolute Gasteiger partial charge is 0.476 e. The number of benzene rings is 1. The van der Waals surface area contributed by atoms with E-state index < -0.39 is 0 Å². The van der Waals surface area contributed by atoms with E-state index in [2.05, 4.69) is 30.9 Å². The average molecular weight is 366 g/mol. The van der Waals surface area contributed by atoms with Crippen molar-refractivity contribution in [1.82, 2.24) is 15.0 Å². The zero-order chi connectivity index (χ0) is 15.5. The van der Waals surface area contributed by atoms with Gasteiger partial charge in [-0.2, -0.15) is 9.97 Å². The molecule has 2 aromatic heterocycles. The molecule has 0 aliphatic rings. The molecule has 5 nitrogen and oxygen atoms in total. The molecule has 1 aromatic carbocycles. The molecule has 0 aliphatic heterocycles. The van der Waals surface area contributed by atoms with Gasteiger partial charge in [0.2, 0.25) is 11.8 Å². The third-order valence-electron chi connectivity index (χ3n) is 2.91. The van der Waals surface area contributed by atoms with Gasteiger partial charge in [-0.05, 0) is 24.6 Å². The highest BCUT2D eigenvalue weighted by Gasteiger charge is 2.17. The SMILES string of the molecule is CCCOc1nc(CBr)nc2oc(-c3cccc(F)c3)nc12. The number of oxazole rings is 1. The number of rotatable bonds is 5. The maximum Gasteiger partial charge on any atom is 0.254 e. The van der Waals surface area contributed by atoms with E-state index in [1.807, 2.05) is 6.92 Å². The summed E-state index contributed by atoms with van der Waals surface area (Å²) in [6.07, 6.45) is 0.851. The zero-order valence-electron chi connectivity index (χ0n) is 11.8. The van der Waals surface area contributed by atoms with Gasteiger partial charge in [-0.1, -0.05) is 28.9 Å². The van der Waals surface area contributed by atoms with Crippen molar-refractivity contribution in [2.24, 2.45) is 0 Å². The van der Waals surface area contributed by atoms with Gasteiger partial charge in [0, 0.05) is 5.56 Å². The van der Waals surface area contributed by atoms with Crippen LogP contribution in [0.5, 0.6) is 5.88 Å². The molecule has 0 saturated heterocycles.